The summed E-state index contributed by atoms with van der Waals surface area (Å²) in [6.45, 7) is 1.82. The number of benzene rings is 2. The van der Waals surface area contributed by atoms with Crippen LogP contribution in [0.15, 0.2) is 65.3 Å². The third kappa shape index (κ3) is 3.39. The number of rotatable bonds is 3. The molecule has 3 aromatic rings. The first kappa shape index (κ1) is 17.5. The molecule has 0 fully saturated rings. The quantitative estimate of drug-likeness (QED) is 0.469. The Balaban J connectivity index is 1.74. The van der Waals surface area contributed by atoms with Crippen LogP contribution in [0.5, 0.6) is 0 Å². The van der Waals surface area contributed by atoms with Gasteiger partial charge in [0.1, 0.15) is 5.15 Å². The fourth-order valence-electron chi connectivity index (χ4n) is 2.71. The van der Waals surface area contributed by atoms with Crippen molar-refractivity contribution in [3.63, 3.8) is 0 Å². The maximum absolute atomic E-state index is 12.2. The van der Waals surface area contributed by atoms with Crippen LogP contribution in [0.2, 0.25) is 10.2 Å². The zero-order chi connectivity index (χ0) is 19.0. The molecule has 5 nitrogen and oxygen atoms in total. The lowest BCUT2D eigenvalue weighted by atomic mass is 10.2. The van der Waals surface area contributed by atoms with E-state index in [9.17, 15) is 4.79 Å². The highest BCUT2D eigenvalue weighted by Gasteiger charge is 2.25. The third-order valence-corrected chi connectivity index (χ3v) is 4.62. The van der Waals surface area contributed by atoms with Crippen molar-refractivity contribution in [2.45, 2.75) is 6.92 Å². The number of nitrogens with zero attached hydrogens (tertiary/aromatic N) is 3. The number of esters is 1. The number of ether oxygens (including phenoxy) is 1. The molecule has 0 N–H and O–H groups in total. The van der Waals surface area contributed by atoms with Crippen LogP contribution in [0, 0.1) is 6.92 Å². The van der Waals surface area contributed by atoms with Gasteiger partial charge in [-0.15, -0.1) is 0 Å². The van der Waals surface area contributed by atoms with Crippen LogP contribution in [-0.4, -0.2) is 21.6 Å². The van der Waals surface area contributed by atoms with E-state index in [2.05, 4.69) is 10.1 Å². The standard InChI is InChI=1S/C20H13Cl2N3O2/c1-12-16(18(22)25(24-12)15-8-3-2-4-9-15)11-17-20(26)27-19(23-17)13-6-5-7-14(21)10-13/h2-11H,1H3/b17-11-. The minimum absolute atomic E-state index is 0.155. The van der Waals surface area contributed by atoms with E-state index < -0.39 is 5.97 Å². The summed E-state index contributed by atoms with van der Waals surface area (Å²) in [6, 6.07) is 16.5. The molecule has 0 saturated carbocycles. The second-order valence-corrected chi connectivity index (χ2v) is 6.68. The van der Waals surface area contributed by atoms with Crippen molar-refractivity contribution in [1.29, 1.82) is 0 Å². The Kier molecular flexibility index (Phi) is 4.56. The molecule has 0 radical (unpaired) electrons. The Hall–Kier alpha value is -2.89. The number of carbonyl (C=O) groups excluding carboxylic acids is 1. The van der Waals surface area contributed by atoms with E-state index in [4.69, 9.17) is 27.9 Å². The Morgan fingerprint density at radius 1 is 1.07 bits per heavy atom. The molecule has 0 unspecified atom stereocenters. The Labute approximate surface area is 165 Å². The summed E-state index contributed by atoms with van der Waals surface area (Å²) in [6.07, 6.45) is 1.59. The Morgan fingerprint density at radius 2 is 1.85 bits per heavy atom. The highest BCUT2D eigenvalue weighted by atomic mass is 35.5. The highest BCUT2D eigenvalue weighted by Crippen LogP contribution is 2.28. The van der Waals surface area contributed by atoms with Gasteiger partial charge in [0.2, 0.25) is 5.90 Å². The fraction of sp³-hybridized carbons (Fsp3) is 0.0500. The van der Waals surface area contributed by atoms with E-state index in [1.165, 1.54) is 0 Å². The molecule has 2 aromatic carbocycles. The summed E-state index contributed by atoms with van der Waals surface area (Å²) in [4.78, 5) is 16.5. The minimum Gasteiger partial charge on any atom is -0.402 e. The van der Waals surface area contributed by atoms with Crippen LogP contribution >= 0.6 is 23.2 Å². The molecule has 27 heavy (non-hydrogen) atoms. The summed E-state index contributed by atoms with van der Waals surface area (Å²) in [5.41, 5.74) is 2.90. The van der Waals surface area contributed by atoms with E-state index in [-0.39, 0.29) is 11.6 Å². The fourth-order valence-corrected chi connectivity index (χ4v) is 3.22. The molecule has 0 bridgehead atoms. The monoisotopic (exact) mass is 397 g/mol. The summed E-state index contributed by atoms with van der Waals surface area (Å²) in [5.74, 6) is -0.342. The van der Waals surface area contributed by atoms with E-state index in [0.717, 1.165) is 5.69 Å². The average Bonchev–Trinajstić information content (AvgIpc) is 3.17. The molecule has 0 spiro atoms. The van der Waals surface area contributed by atoms with Gasteiger partial charge in [-0.05, 0) is 43.3 Å². The molecule has 0 aliphatic carbocycles. The molecule has 1 aliphatic rings. The number of cyclic esters (lactones) is 1. The van der Waals surface area contributed by atoms with Crippen LogP contribution in [0.4, 0.5) is 0 Å². The van der Waals surface area contributed by atoms with Gasteiger partial charge in [0.15, 0.2) is 5.70 Å². The molecule has 0 amide bonds. The van der Waals surface area contributed by atoms with Crippen molar-refractivity contribution < 1.29 is 9.53 Å². The minimum atomic E-state index is -0.548. The summed E-state index contributed by atoms with van der Waals surface area (Å²) in [7, 11) is 0. The number of para-hydroxylation sites is 1. The molecule has 0 atom stereocenters. The third-order valence-electron chi connectivity index (χ3n) is 4.02. The maximum Gasteiger partial charge on any atom is 0.363 e. The van der Waals surface area contributed by atoms with E-state index in [1.54, 1.807) is 35.0 Å². The average molecular weight is 398 g/mol. The zero-order valence-corrected chi connectivity index (χ0v) is 15.7. The normalized spacial score (nSPS) is 15.1. The molecular formula is C20H13Cl2N3O2. The molecule has 0 saturated heterocycles. The number of hydrogen-bond donors (Lipinski definition) is 0. The number of halogens is 2. The largest absolute Gasteiger partial charge is 0.402 e. The van der Waals surface area contributed by atoms with Crippen molar-refractivity contribution in [2.24, 2.45) is 4.99 Å². The van der Waals surface area contributed by atoms with Crippen molar-refractivity contribution >= 4 is 41.1 Å². The van der Waals surface area contributed by atoms with Gasteiger partial charge in [0, 0.05) is 16.1 Å². The van der Waals surface area contributed by atoms with Gasteiger partial charge in [-0.2, -0.15) is 5.10 Å². The molecule has 4 rings (SSSR count). The van der Waals surface area contributed by atoms with Crippen LogP contribution in [0.25, 0.3) is 11.8 Å². The van der Waals surface area contributed by atoms with Gasteiger partial charge < -0.3 is 4.74 Å². The first-order chi connectivity index (χ1) is 13.0. The molecule has 134 valence electrons. The van der Waals surface area contributed by atoms with Gasteiger partial charge in [-0.3, -0.25) is 0 Å². The van der Waals surface area contributed by atoms with Crippen molar-refractivity contribution in [1.82, 2.24) is 9.78 Å². The second kappa shape index (κ2) is 7.02. The number of aryl methyl sites for hydroxylation is 1. The highest BCUT2D eigenvalue weighted by molar-refractivity contribution is 6.32. The maximum atomic E-state index is 12.2. The van der Waals surface area contributed by atoms with Crippen LogP contribution in [-0.2, 0) is 9.53 Å². The van der Waals surface area contributed by atoms with E-state index >= 15 is 0 Å². The topological polar surface area (TPSA) is 56.5 Å². The second-order valence-electron chi connectivity index (χ2n) is 5.88. The van der Waals surface area contributed by atoms with Gasteiger partial charge in [0.05, 0.1) is 11.4 Å². The Morgan fingerprint density at radius 3 is 2.59 bits per heavy atom. The van der Waals surface area contributed by atoms with Gasteiger partial charge >= 0.3 is 5.97 Å². The molecule has 2 heterocycles. The first-order valence-corrected chi connectivity index (χ1v) is 8.87. The van der Waals surface area contributed by atoms with Crippen molar-refractivity contribution in [3.8, 4) is 5.69 Å². The predicted molar refractivity (Wildman–Crippen MR) is 105 cm³/mol. The van der Waals surface area contributed by atoms with Crippen molar-refractivity contribution in [2.75, 3.05) is 0 Å². The lowest BCUT2D eigenvalue weighted by molar-refractivity contribution is -0.129. The van der Waals surface area contributed by atoms with Crippen LogP contribution in [0.1, 0.15) is 16.8 Å². The SMILES string of the molecule is Cc1nn(-c2ccccc2)c(Cl)c1/C=C1\N=C(c2cccc(Cl)c2)OC1=O. The van der Waals surface area contributed by atoms with Crippen LogP contribution < -0.4 is 0 Å². The Bertz CT molecular complexity index is 1100. The molecule has 1 aromatic heterocycles. The predicted octanol–water partition coefficient (Wildman–Crippen LogP) is 4.83. The smallest absolute Gasteiger partial charge is 0.363 e. The lowest BCUT2D eigenvalue weighted by Gasteiger charge is -2.01. The lowest BCUT2D eigenvalue weighted by Crippen LogP contribution is -2.05. The number of aliphatic imine (C=N–C) groups is 1. The van der Waals surface area contributed by atoms with Gasteiger partial charge in [-0.1, -0.05) is 47.5 Å². The number of hydrogen-bond acceptors (Lipinski definition) is 4. The molecular weight excluding hydrogens is 385 g/mol. The summed E-state index contributed by atoms with van der Waals surface area (Å²) in [5, 5.41) is 5.39. The van der Waals surface area contributed by atoms with Gasteiger partial charge in [0.25, 0.3) is 0 Å². The van der Waals surface area contributed by atoms with Crippen molar-refractivity contribution in [3.05, 3.63) is 87.3 Å². The van der Waals surface area contributed by atoms with E-state index in [0.29, 0.717) is 27.0 Å². The molecule has 1 aliphatic heterocycles. The summed E-state index contributed by atoms with van der Waals surface area (Å²) < 4.78 is 6.89. The van der Waals surface area contributed by atoms with Gasteiger partial charge in [-0.25, -0.2) is 14.5 Å². The van der Waals surface area contributed by atoms with E-state index in [1.807, 2.05) is 37.3 Å². The number of carbonyl (C=O) groups is 1. The zero-order valence-electron chi connectivity index (χ0n) is 14.2. The molecule has 7 heteroatoms. The van der Waals surface area contributed by atoms with Crippen LogP contribution in [0.3, 0.4) is 0 Å². The summed E-state index contributed by atoms with van der Waals surface area (Å²) >= 11 is 12.5. The first-order valence-electron chi connectivity index (χ1n) is 8.12. The number of aromatic nitrogens is 2.